The van der Waals surface area contributed by atoms with Gasteiger partial charge in [-0.05, 0) is 29.8 Å². The normalized spacial score (nSPS) is 12.3. The molecule has 0 fully saturated rings. The molecule has 6 heteroatoms. The van der Waals surface area contributed by atoms with E-state index >= 15 is 0 Å². The van der Waals surface area contributed by atoms with Crippen molar-refractivity contribution in [2.45, 2.75) is 19.3 Å². The van der Waals surface area contributed by atoms with Gasteiger partial charge in [0.15, 0.2) is 0 Å². The molecule has 0 amide bonds. The van der Waals surface area contributed by atoms with Crippen LogP contribution in [0.2, 0.25) is 10.0 Å². The second-order valence-corrected chi connectivity index (χ2v) is 7.11. The fourth-order valence-electron chi connectivity index (χ4n) is 2.37. The Morgan fingerprint density at radius 1 is 1.12 bits per heavy atom. The van der Waals surface area contributed by atoms with Gasteiger partial charge in [0.1, 0.15) is 6.10 Å². The molecule has 3 aromatic rings. The molecular weight excluding hydrogens is 411 g/mol. The van der Waals surface area contributed by atoms with Gasteiger partial charge in [-0.2, -0.15) is 0 Å². The SMILES string of the molecule is Clc1ccc(C(Cn2ccnc2)OCc2ccc(Br)cc2)c(Cl)c1. The Bertz CT molecular complexity index is 791. The fourth-order valence-corrected chi connectivity index (χ4v) is 3.16. The smallest absolute Gasteiger partial charge is 0.102 e. The van der Waals surface area contributed by atoms with Gasteiger partial charge in [-0.15, -0.1) is 0 Å². The zero-order chi connectivity index (χ0) is 16.9. The van der Waals surface area contributed by atoms with Gasteiger partial charge in [0, 0.05) is 32.5 Å². The van der Waals surface area contributed by atoms with Crippen molar-refractivity contribution in [1.29, 1.82) is 0 Å². The Morgan fingerprint density at radius 2 is 1.92 bits per heavy atom. The van der Waals surface area contributed by atoms with Crippen LogP contribution < -0.4 is 0 Å². The summed E-state index contributed by atoms with van der Waals surface area (Å²) >= 11 is 15.8. The lowest BCUT2D eigenvalue weighted by molar-refractivity contribution is 0.0280. The number of nitrogens with zero attached hydrogens (tertiary/aromatic N) is 2. The van der Waals surface area contributed by atoms with Crippen molar-refractivity contribution >= 4 is 39.1 Å². The lowest BCUT2D eigenvalue weighted by Gasteiger charge is -2.20. The number of rotatable bonds is 6. The van der Waals surface area contributed by atoms with E-state index in [0.717, 1.165) is 15.6 Å². The van der Waals surface area contributed by atoms with Crippen LogP contribution in [0.4, 0.5) is 0 Å². The number of ether oxygens (including phenoxy) is 1. The van der Waals surface area contributed by atoms with Crippen LogP contribution in [0, 0.1) is 0 Å². The molecule has 0 aliphatic heterocycles. The summed E-state index contributed by atoms with van der Waals surface area (Å²) in [6.07, 6.45) is 5.21. The highest BCUT2D eigenvalue weighted by molar-refractivity contribution is 9.10. The molecule has 1 atom stereocenters. The van der Waals surface area contributed by atoms with E-state index in [-0.39, 0.29) is 6.10 Å². The lowest BCUT2D eigenvalue weighted by atomic mass is 10.1. The largest absolute Gasteiger partial charge is 0.367 e. The predicted octanol–water partition coefficient (Wildman–Crippen LogP) is 5.91. The Morgan fingerprint density at radius 3 is 2.58 bits per heavy atom. The van der Waals surface area contributed by atoms with Gasteiger partial charge in [-0.1, -0.05) is 57.3 Å². The number of halogens is 3. The molecule has 0 N–H and O–H groups in total. The highest BCUT2D eigenvalue weighted by atomic mass is 79.9. The fraction of sp³-hybridized carbons (Fsp3) is 0.167. The van der Waals surface area contributed by atoms with E-state index < -0.39 is 0 Å². The molecular formula is C18H15BrCl2N2O. The van der Waals surface area contributed by atoms with Gasteiger partial charge in [-0.3, -0.25) is 0 Å². The van der Waals surface area contributed by atoms with Crippen LogP contribution in [-0.4, -0.2) is 9.55 Å². The van der Waals surface area contributed by atoms with Gasteiger partial charge < -0.3 is 9.30 Å². The summed E-state index contributed by atoms with van der Waals surface area (Å²) in [4.78, 5) is 4.08. The average Bonchev–Trinajstić information content (AvgIpc) is 3.06. The standard InChI is InChI=1S/C18H15BrCl2N2O/c19-14-3-1-13(2-4-14)11-24-18(10-23-8-7-22-12-23)16-6-5-15(20)9-17(16)21/h1-9,12,18H,10-11H2. The maximum atomic E-state index is 6.37. The number of hydrogen-bond acceptors (Lipinski definition) is 2. The molecule has 3 rings (SSSR count). The van der Waals surface area contributed by atoms with Gasteiger partial charge >= 0.3 is 0 Å². The van der Waals surface area contributed by atoms with Gasteiger partial charge in [0.25, 0.3) is 0 Å². The Hall–Kier alpha value is -1.33. The number of aromatic nitrogens is 2. The van der Waals surface area contributed by atoms with E-state index in [2.05, 4.69) is 20.9 Å². The molecule has 0 saturated heterocycles. The van der Waals surface area contributed by atoms with Crippen molar-refractivity contribution in [2.24, 2.45) is 0 Å². The molecule has 3 nitrogen and oxygen atoms in total. The van der Waals surface area contributed by atoms with E-state index in [1.807, 2.05) is 47.2 Å². The molecule has 2 aromatic carbocycles. The molecule has 124 valence electrons. The van der Waals surface area contributed by atoms with Crippen LogP contribution in [-0.2, 0) is 17.9 Å². The summed E-state index contributed by atoms with van der Waals surface area (Å²) in [6, 6.07) is 13.5. The van der Waals surface area contributed by atoms with E-state index in [4.69, 9.17) is 27.9 Å². The average molecular weight is 426 g/mol. The Labute approximate surface area is 159 Å². The number of benzene rings is 2. The second-order valence-electron chi connectivity index (χ2n) is 5.35. The summed E-state index contributed by atoms with van der Waals surface area (Å²) in [6.45, 7) is 1.11. The molecule has 1 unspecified atom stereocenters. The summed E-state index contributed by atoms with van der Waals surface area (Å²) in [7, 11) is 0. The number of hydrogen-bond donors (Lipinski definition) is 0. The molecule has 0 aliphatic rings. The molecule has 0 bridgehead atoms. The minimum Gasteiger partial charge on any atom is -0.367 e. The molecule has 1 heterocycles. The molecule has 0 saturated carbocycles. The van der Waals surface area contributed by atoms with E-state index in [9.17, 15) is 0 Å². The summed E-state index contributed by atoms with van der Waals surface area (Å²) < 4.78 is 9.17. The zero-order valence-corrected chi connectivity index (χ0v) is 15.8. The minimum absolute atomic E-state index is 0.201. The van der Waals surface area contributed by atoms with E-state index in [0.29, 0.717) is 23.2 Å². The highest BCUT2D eigenvalue weighted by Gasteiger charge is 2.17. The predicted molar refractivity (Wildman–Crippen MR) is 100 cm³/mol. The van der Waals surface area contributed by atoms with Crippen LogP contribution in [0.15, 0.2) is 65.7 Å². The monoisotopic (exact) mass is 424 g/mol. The maximum absolute atomic E-state index is 6.37. The van der Waals surface area contributed by atoms with Crippen molar-refractivity contribution < 1.29 is 4.74 Å². The molecule has 1 aromatic heterocycles. The van der Waals surface area contributed by atoms with Gasteiger partial charge in [0.05, 0.1) is 19.5 Å². The number of imidazole rings is 1. The van der Waals surface area contributed by atoms with Crippen LogP contribution in [0.3, 0.4) is 0 Å². The third-order valence-corrected chi connectivity index (χ3v) is 4.70. The van der Waals surface area contributed by atoms with Crippen molar-refractivity contribution in [3.05, 3.63) is 86.8 Å². The van der Waals surface area contributed by atoms with E-state index in [1.54, 1.807) is 18.6 Å². The van der Waals surface area contributed by atoms with Crippen molar-refractivity contribution in [1.82, 2.24) is 9.55 Å². The van der Waals surface area contributed by atoms with Gasteiger partial charge in [-0.25, -0.2) is 4.98 Å². The molecule has 0 aliphatic carbocycles. The first-order chi connectivity index (χ1) is 11.6. The van der Waals surface area contributed by atoms with Gasteiger partial charge in [0.2, 0.25) is 0 Å². The first-order valence-corrected chi connectivity index (χ1v) is 8.93. The van der Waals surface area contributed by atoms with Crippen LogP contribution >= 0.6 is 39.1 Å². The molecule has 0 radical (unpaired) electrons. The quantitative estimate of drug-likeness (QED) is 0.490. The van der Waals surface area contributed by atoms with Crippen molar-refractivity contribution in [3.63, 3.8) is 0 Å². The Kier molecular flexibility index (Phi) is 5.95. The molecule has 24 heavy (non-hydrogen) atoms. The second kappa shape index (κ2) is 8.17. The first-order valence-electron chi connectivity index (χ1n) is 7.38. The lowest BCUT2D eigenvalue weighted by Crippen LogP contribution is -2.12. The van der Waals surface area contributed by atoms with Crippen LogP contribution in [0.25, 0.3) is 0 Å². The Balaban J connectivity index is 1.80. The van der Waals surface area contributed by atoms with Crippen LogP contribution in [0.1, 0.15) is 17.2 Å². The highest BCUT2D eigenvalue weighted by Crippen LogP contribution is 2.30. The summed E-state index contributed by atoms with van der Waals surface area (Å²) in [5, 5.41) is 1.21. The molecule has 0 spiro atoms. The zero-order valence-electron chi connectivity index (χ0n) is 12.7. The first kappa shape index (κ1) is 17.5. The maximum Gasteiger partial charge on any atom is 0.102 e. The van der Waals surface area contributed by atoms with Crippen molar-refractivity contribution in [2.75, 3.05) is 0 Å². The summed E-state index contributed by atoms with van der Waals surface area (Å²) in [5.41, 5.74) is 2.01. The van der Waals surface area contributed by atoms with E-state index in [1.165, 1.54) is 0 Å². The topological polar surface area (TPSA) is 27.1 Å². The summed E-state index contributed by atoms with van der Waals surface area (Å²) in [5.74, 6) is 0. The minimum atomic E-state index is -0.201. The van der Waals surface area contributed by atoms with Crippen LogP contribution in [0.5, 0.6) is 0 Å². The third kappa shape index (κ3) is 4.61. The third-order valence-electron chi connectivity index (χ3n) is 3.61. The van der Waals surface area contributed by atoms with Crippen molar-refractivity contribution in [3.8, 4) is 0 Å².